The number of piperidine rings is 1. The van der Waals surface area contributed by atoms with Crippen molar-refractivity contribution in [3.8, 4) is 0 Å². The standard InChI is InChI=1S/C24H32N4O4S/c1-19-9-11-22(12-10-19)33(31,32)26-16-20-6-5-14-27(17-20)18-24(30)28(15-13-23(25)29)21-7-3-2-4-8-21/h2-4,7-12,20,26H,5-6,13-18H2,1H3,(H2,25,29). The summed E-state index contributed by atoms with van der Waals surface area (Å²) in [5, 5.41) is 0. The number of carbonyl (C=O) groups excluding carboxylic acids is 2. The summed E-state index contributed by atoms with van der Waals surface area (Å²) in [5.74, 6) is -0.450. The Bertz CT molecular complexity index is 1040. The third kappa shape index (κ3) is 7.38. The number of hydrogen-bond donors (Lipinski definition) is 2. The molecule has 1 aliphatic rings. The molecule has 1 fully saturated rings. The van der Waals surface area contributed by atoms with E-state index in [1.807, 2.05) is 37.3 Å². The number of nitrogens with zero attached hydrogens (tertiary/aromatic N) is 2. The highest BCUT2D eigenvalue weighted by molar-refractivity contribution is 7.89. The topological polar surface area (TPSA) is 113 Å². The molecule has 9 heteroatoms. The van der Waals surface area contributed by atoms with Crippen LogP contribution in [0, 0.1) is 12.8 Å². The zero-order chi connectivity index (χ0) is 23.8. The van der Waals surface area contributed by atoms with Crippen LogP contribution in [0.25, 0.3) is 0 Å². The van der Waals surface area contributed by atoms with Gasteiger partial charge in [0.05, 0.1) is 11.4 Å². The first-order chi connectivity index (χ1) is 15.7. The summed E-state index contributed by atoms with van der Waals surface area (Å²) >= 11 is 0. The van der Waals surface area contributed by atoms with E-state index >= 15 is 0 Å². The second-order valence-corrected chi connectivity index (χ2v) is 10.3. The molecule has 1 saturated heterocycles. The molecule has 2 aromatic carbocycles. The van der Waals surface area contributed by atoms with Gasteiger partial charge in [0.25, 0.3) is 0 Å². The molecule has 0 spiro atoms. The van der Waals surface area contributed by atoms with Gasteiger partial charge in [-0.2, -0.15) is 0 Å². The number of nitrogens with one attached hydrogen (secondary N) is 1. The van der Waals surface area contributed by atoms with Crippen molar-refractivity contribution in [2.24, 2.45) is 11.7 Å². The van der Waals surface area contributed by atoms with E-state index in [0.29, 0.717) is 13.1 Å². The number of anilines is 1. The number of benzene rings is 2. The fraction of sp³-hybridized carbons (Fsp3) is 0.417. The summed E-state index contributed by atoms with van der Waals surface area (Å²) < 4.78 is 27.9. The molecule has 1 aliphatic heterocycles. The number of carbonyl (C=O) groups is 2. The maximum absolute atomic E-state index is 13.1. The molecule has 0 saturated carbocycles. The maximum Gasteiger partial charge on any atom is 0.241 e. The minimum absolute atomic E-state index is 0.0874. The Hall–Kier alpha value is -2.75. The van der Waals surface area contributed by atoms with E-state index in [4.69, 9.17) is 5.73 Å². The van der Waals surface area contributed by atoms with E-state index in [2.05, 4.69) is 9.62 Å². The number of primary amides is 1. The molecule has 0 radical (unpaired) electrons. The Balaban J connectivity index is 1.58. The molecular formula is C24H32N4O4S. The smallest absolute Gasteiger partial charge is 0.241 e. The quantitative estimate of drug-likeness (QED) is 0.548. The molecule has 0 bridgehead atoms. The van der Waals surface area contributed by atoms with Gasteiger partial charge >= 0.3 is 0 Å². The summed E-state index contributed by atoms with van der Waals surface area (Å²) in [5.41, 5.74) is 7.02. The Labute approximate surface area is 195 Å². The minimum Gasteiger partial charge on any atom is -0.370 e. The lowest BCUT2D eigenvalue weighted by Gasteiger charge is -2.34. The fourth-order valence-corrected chi connectivity index (χ4v) is 5.11. The van der Waals surface area contributed by atoms with Gasteiger partial charge in [-0.25, -0.2) is 13.1 Å². The highest BCUT2D eigenvalue weighted by Crippen LogP contribution is 2.19. The zero-order valence-electron chi connectivity index (χ0n) is 18.9. The average Bonchev–Trinajstić information content (AvgIpc) is 2.79. The number of hydrogen-bond acceptors (Lipinski definition) is 5. The van der Waals surface area contributed by atoms with E-state index in [9.17, 15) is 18.0 Å². The molecule has 1 heterocycles. The highest BCUT2D eigenvalue weighted by atomic mass is 32.2. The number of aryl methyl sites for hydroxylation is 1. The second-order valence-electron chi connectivity index (χ2n) is 8.51. The van der Waals surface area contributed by atoms with Gasteiger partial charge in [0.15, 0.2) is 0 Å². The molecule has 8 nitrogen and oxygen atoms in total. The molecule has 0 aromatic heterocycles. The number of nitrogens with two attached hydrogens (primary N) is 1. The average molecular weight is 473 g/mol. The van der Waals surface area contributed by atoms with Crippen molar-refractivity contribution in [1.82, 2.24) is 9.62 Å². The summed E-state index contributed by atoms with van der Waals surface area (Å²) in [7, 11) is -3.57. The molecule has 3 N–H and O–H groups in total. The van der Waals surface area contributed by atoms with Crippen molar-refractivity contribution in [3.63, 3.8) is 0 Å². The minimum atomic E-state index is -3.57. The fourth-order valence-electron chi connectivity index (χ4n) is 3.99. The number of sulfonamides is 1. The third-order valence-electron chi connectivity index (χ3n) is 5.81. The Morgan fingerprint density at radius 2 is 1.82 bits per heavy atom. The molecule has 178 valence electrons. The summed E-state index contributed by atoms with van der Waals surface area (Å²) in [6.07, 6.45) is 1.87. The molecule has 3 rings (SSSR count). The molecule has 2 aromatic rings. The van der Waals surface area contributed by atoms with Crippen molar-refractivity contribution in [3.05, 3.63) is 60.2 Å². The van der Waals surface area contributed by atoms with Crippen molar-refractivity contribution in [2.45, 2.75) is 31.1 Å². The van der Waals surface area contributed by atoms with Crippen LogP contribution in [-0.2, 0) is 19.6 Å². The summed E-state index contributed by atoms with van der Waals surface area (Å²) in [6.45, 7) is 4.06. The molecule has 0 aliphatic carbocycles. The lowest BCUT2D eigenvalue weighted by molar-refractivity contribution is -0.120. The van der Waals surface area contributed by atoms with Crippen LogP contribution >= 0.6 is 0 Å². The zero-order valence-corrected chi connectivity index (χ0v) is 19.8. The maximum atomic E-state index is 13.1. The monoisotopic (exact) mass is 472 g/mol. The van der Waals surface area contributed by atoms with Gasteiger partial charge in [0.1, 0.15) is 0 Å². The largest absolute Gasteiger partial charge is 0.370 e. The van der Waals surface area contributed by atoms with E-state index in [1.165, 1.54) is 0 Å². The van der Waals surface area contributed by atoms with Crippen LogP contribution in [0.4, 0.5) is 5.69 Å². The van der Waals surface area contributed by atoms with Crippen LogP contribution in [0.5, 0.6) is 0 Å². The lowest BCUT2D eigenvalue weighted by atomic mass is 9.98. The number of amides is 2. The number of likely N-dealkylation sites (tertiary alicyclic amines) is 1. The van der Waals surface area contributed by atoms with Crippen LogP contribution in [0.2, 0.25) is 0 Å². The second kappa shape index (κ2) is 11.4. The van der Waals surface area contributed by atoms with Crippen LogP contribution in [0.3, 0.4) is 0 Å². The Kier molecular flexibility index (Phi) is 8.60. The van der Waals surface area contributed by atoms with Crippen LogP contribution in [0.15, 0.2) is 59.5 Å². The van der Waals surface area contributed by atoms with E-state index < -0.39 is 15.9 Å². The van der Waals surface area contributed by atoms with Gasteiger partial charge < -0.3 is 10.6 Å². The highest BCUT2D eigenvalue weighted by Gasteiger charge is 2.26. The van der Waals surface area contributed by atoms with Gasteiger partial charge in [-0.05, 0) is 56.5 Å². The first-order valence-electron chi connectivity index (χ1n) is 11.2. The van der Waals surface area contributed by atoms with Gasteiger partial charge in [0.2, 0.25) is 21.8 Å². The molecule has 1 unspecified atom stereocenters. The van der Waals surface area contributed by atoms with Crippen LogP contribution < -0.4 is 15.4 Å². The van der Waals surface area contributed by atoms with Crippen molar-refractivity contribution in [1.29, 1.82) is 0 Å². The molecular weight excluding hydrogens is 440 g/mol. The molecule has 2 amide bonds. The molecule has 33 heavy (non-hydrogen) atoms. The molecule has 1 atom stereocenters. The van der Waals surface area contributed by atoms with Crippen LogP contribution in [0.1, 0.15) is 24.8 Å². The van der Waals surface area contributed by atoms with Gasteiger partial charge in [-0.1, -0.05) is 35.9 Å². The third-order valence-corrected chi connectivity index (χ3v) is 7.25. The predicted molar refractivity (Wildman–Crippen MR) is 128 cm³/mol. The first kappa shape index (κ1) is 24.9. The number of rotatable bonds is 10. The predicted octanol–water partition coefficient (Wildman–Crippen LogP) is 1.89. The van der Waals surface area contributed by atoms with Gasteiger partial charge in [-0.15, -0.1) is 0 Å². The Morgan fingerprint density at radius 1 is 1.12 bits per heavy atom. The van der Waals surface area contributed by atoms with Crippen molar-refractivity contribution >= 4 is 27.5 Å². The van der Waals surface area contributed by atoms with Crippen molar-refractivity contribution < 1.29 is 18.0 Å². The van der Waals surface area contributed by atoms with E-state index in [1.54, 1.807) is 29.2 Å². The van der Waals surface area contributed by atoms with Crippen molar-refractivity contribution in [2.75, 3.05) is 37.6 Å². The Morgan fingerprint density at radius 3 is 2.48 bits per heavy atom. The number of para-hydroxylation sites is 1. The normalized spacial score (nSPS) is 16.9. The van der Waals surface area contributed by atoms with Gasteiger partial charge in [0, 0.05) is 31.7 Å². The summed E-state index contributed by atoms with van der Waals surface area (Å²) in [4.78, 5) is 28.3. The van der Waals surface area contributed by atoms with Gasteiger partial charge in [-0.3, -0.25) is 14.5 Å². The SMILES string of the molecule is Cc1ccc(S(=O)(=O)NCC2CCCN(CC(=O)N(CCC(N)=O)c3ccccc3)C2)cc1. The van der Waals surface area contributed by atoms with Crippen LogP contribution in [-0.4, -0.2) is 57.9 Å². The van der Waals surface area contributed by atoms with E-state index in [-0.39, 0.29) is 36.2 Å². The lowest BCUT2D eigenvalue weighted by Crippen LogP contribution is -2.46. The van der Waals surface area contributed by atoms with E-state index in [0.717, 1.165) is 30.6 Å². The summed E-state index contributed by atoms with van der Waals surface area (Å²) in [6, 6.07) is 16.0. The first-order valence-corrected chi connectivity index (χ1v) is 12.7.